The first kappa shape index (κ1) is 16.9. The van der Waals surface area contributed by atoms with Gasteiger partial charge in [0, 0.05) is 5.38 Å². The molecule has 0 aliphatic carbocycles. The van der Waals surface area contributed by atoms with Gasteiger partial charge >= 0.3 is 5.97 Å². The van der Waals surface area contributed by atoms with Crippen LogP contribution < -0.4 is 5.32 Å². The van der Waals surface area contributed by atoms with Crippen LogP contribution in [0.4, 0.5) is 0 Å². The first-order valence-electron chi connectivity index (χ1n) is 6.72. The van der Waals surface area contributed by atoms with Gasteiger partial charge in [0.1, 0.15) is 11.0 Å². The van der Waals surface area contributed by atoms with Gasteiger partial charge in [0.05, 0.1) is 21.3 Å². The monoisotopic (exact) mass is 358 g/mol. The summed E-state index contributed by atoms with van der Waals surface area (Å²) in [5.74, 6) is -1.34. The Balaban J connectivity index is 1.97. The Morgan fingerprint density at radius 3 is 2.82 bits per heavy atom. The van der Waals surface area contributed by atoms with Crippen LogP contribution in [0.25, 0.3) is 9.88 Å². The van der Waals surface area contributed by atoms with Gasteiger partial charge in [-0.2, -0.15) is 0 Å². The quantitative estimate of drug-likeness (QED) is 0.794. The van der Waals surface area contributed by atoms with Crippen LogP contribution >= 0.6 is 34.3 Å². The summed E-state index contributed by atoms with van der Waals surface area (Å²) in [6.45, 7) is 1.88. The van der Waals surface area contributed by atoms with Crippen molar-refractivity contribution in [1.82, 2.24) is 10.3 Å². The standard InChI is InChI=1S/C14H15ClN2O3S2/c1-2-3-9(14(19)20)17-12(18)6-8-7-21-13(16-8)10-4-5-11(15)22-10/h4-5,7,9H,2-3,6H2,1H3,(H,17,18)(H,19,20). The highest BCUT2D eigenvalue weighted by atomic mass is 35.5. The summed E-state index contributed by atoms with van der Waals surface area (Å²) >= 11 is 8.76. The number of amides is 1. The average Bonchev–Trinajstić information content (AvgIpc) is 3.07. The molecule has 2 aromatic rings. The Labute approximate surface area is 141 Å². The topological polar surface area (TPSA) is 79.3 Å². The normalized spacial score (nSPS) is 12.1. The fraction of sp³-hybridized carbons (Fsp3) is 0.357. The van der Waals surface area contributed by atoms with Crippen LogP contribution in [0.15, 0.2) is 17.5 Å². The third kappa shape index (κ3) is 4.53. The van der Waals surface area contributed by atoms with Crippen molar-refractivity contribution in [2.45, 2.75) is 32.2 Å². The third-order valence-corrected chi connectivity index (χ3v) is 5.18. The summed E-state index contributed by atoms with van der Waals surface area (Å²) in [6.07, 6.45) is 1.18. The highest BCUT2D eigenvalue weighted by Gasteiger charge is 2.19. The van der Waals surface area contributed by atoms with Crippen molar-refractivity contribution < 1.29 is 14.7 Å². The number of thiazole rings is 1. The minimum absolute atomic E-state index is 0.0725. The van der Waals surface area contributed by atoms with Gasteiger partial charge in [0.15, 0.2) is 0 Å². The Kier molecular flexibility index (Phi) is 5.93. The summed E-state index contributed by atoms with van der Waals surface area (Å²) in [7, 11) is 0. The molecule has 0 aromatic carbocycles. The van der Waals surface area contributed by atoms with Crippen molar-refractivity contribution in [3.05, 3.63) is 27.5 Å². The molecule has 0 spiro atoms. The molecule has 8 heteroatoms. The molecule has 2 N–H and O–H groups in total. The molecule has 22 heavy (non-hydrogen) atoms. The lowest BCUT2D eigenvalue weighted by molar-refractivity contribution is -0.141. The fourth-order valence-electron chi connectivity index (χ4n) is 1.89. The van der Waals surface area contributed by atoms with Gasteiger partial charge in [-0.15, -0.1) is 22.7 Å². The maximum Gasteiger partial charge on any atom is 0.326 e. The van der Waals surface area contributed by atoms with E-state index >= 15 is 0 Å². The molecule has 0 radical (unpaired) electrons. The highest BCUT2D eigenvalue weighted by Crippen LogP contribution is 2.32. The van der Waals surface area contributed by atoms with Crippen molar-refractivity contribution >= 4 is 46.2 Å². The van der Waals surface area contributed by atoms with E-state index in [9.17, 15) is 9.59 Å². The molecule has 1 atom stereocenters. The van der Waals surface area contributed by atoms with Crippen LogP contribution in [0.5, 0.6) is 0 Å². The zero-order valence-corrected chi connectivity index (χ0v) is 14.2. The van der Waals surface area contributed by atoms with Gasteiger partial charge in [0.25, 0.3) is 0 Å². The van der Waals surface area contributed by atoms with Crippen molar-refractivity contribution in [2.75, 3.05) is 0 Å². The van der Waals surface area contributed by atoms with E-state index in [1.807, 2.05) is 13.0 Å². The average molecular weight is 359 g/mol. The molecule has 2 heterocycles. The van der Waals surface area contributed by atoms with E-state index < -0.39 is 12.0 Å². The lowest BCUT2D eigenvalue weighted by atomic mass is 10.1. The first-order valence-corrected chi connectivity index (χ1v) is 8.79. The SMILES string of the molecule is CCCC(NC(=O)Cc1csc(-c2ccc(Cl)s2)n1)C(=O)O. The lowest BCUT2D eigenvalue weighted by Gasteiger charge is -2.12. The first-order chi connectivity index (χ1) is 10.5. The van der Waals surface area contributed by atoms with Crippen LogP contribution in [-0.2, 0) is 16.0 Å². The van der Waals surface area contributed by atoms with Gasteiger partial charge < -0.3 is 10.4 Å². The predicted octanol–water partition coefficient (Wildman–Crippen LogP) is 3.44. The van der Waals surface area contributed by atoms with E-state index in [1.54, 1.807) is 11.4 Å². The molecule has 0 aliphatic heterocycles. The molecule has 5 nitrogen and oxygen atoms in total. The lowest BCUT2D eigenvalue weighted by Crippen LogP contribution is -2.41. The Morgan fingerprint density at radius 1 is 1.45 bits per heavy atom. The molecular weight excluding hydrogens is 344 g/mol. The summed E-state index contributed by atoms with van der Waals surface area (Å²) in [5.41, 5.74) is 0.627. The number of rotatable bonds is 7. The largest absolute Gasteiger partial charge is 0.480 e. The van der Waals surface area contributed by atoms with Crippen LogP contribution in [0, 0.1) is 0 Å². The molecule has 1 amide bonds. The molecule has 1 unspecified atom stereocenters. The third-order valence-electron chi connectivity index (χ3n) is 2.89. The highest BCUT2D eigenvalue weighted by molar-refractivity contribution is 7.23. The molecule has 118 valence electrons. The second-order valence-corrected chi connectivity index (χ2v) is 7.24. The zero-order valence-electron chi connectivity index (χ0n) is 11.8. The number of aromatic nitrogens is 1. The number of carboxylic acid groups (broad SMARTS) is 1. The summed E-state index contributed by atoms with van der Waals surface area (Å²) < 4.78 is 0.688. The van der Waals surface area contributed by atoms with Crippen LogP contribution in [-0.4, -0.2) is 28.0 Å². The molecule has 2 aromatic heterocycles. The predicted molar refractivity (Wildman–Crippen MR) is 88.6 cm³/mol. The number of carbonyl (C=O) groups is 2. The number of nitrogens with one attached hydrogen (secondary N) is 1. The number of hydrogen-bond donors (Lipinski definition) is 2. The second kappa shape index (κ2) is 7.71. The summed E-state index contributed by atoms with van der Waals surface area (Å²) in [6, 6.07) is 2.85. The van der Waals surface area contributed by atoms with E-state index in [2.05, 4.69) is 10.3 Å². The smallest absolute Gasteiger partial charge is 0.326 e. The van der Waals surface area contributed by atoms with Crippen LogP contribution in [0.2, 0.25) is 4.34 Å². The van der Waals surface area contributed by atoms with Gasteiger partial charge in [-0.3, -0.25) is 4.79 Å². The molecular formula is C14H15ClN2O3S2. The van der Waals surface area contributed by atoms with Crippen molar-refractivity contribution in [1.29, 1.82) is 0 Å². The molecule has 2 rings (SSSR count). The van der Waals surface area contributed by atoms with Crippen molar-refractivity contribution in [3.8, 4) is 9.88 Å². The Morgan fingerprint density at radius 2 is 2.23 bits per heavy atom. The molecule has 0 bridgehead atoms. The number of hydrogen-bond acceptors (Lipinski definition) is 5. The van der Waals surface area contributed by atoms with Crippen LogP contribution in [0.1, 0.15) is 25.5 Å². The number of carbonyl (C=O) groups excluding carboxylic acids is 1. The van der Waals surface area contributed by atoms with Gasteiger partial charge in [0.2, 0.25) is 5.91 Å². The maximum atomic E-state index is 11.9. The molecule has 0 fully saturated rings. The Hall–Kier alpha value is -1.44. The van der Waals surface area contributed by atoms with E-state index in [4.69, 9.17) is 16.7 Å². The number of aliphatic carboxylic acids is 1. The summed E-state index contributed by atoms with van der Waals surface area (Å²) in [4.78, 5) is 28.3. The van der Waals surface area contributed by atoms with Gasteiger partial charge in [-0.25, -0.2) is 9.78 Å². The summed E-state index contributed by atoms with van der Waals surface area (Å²) in [5, 5.41) is 14.2. The maximum absolute atomic E-state index is 11.9. The minimum Gasteiger partial charge on any atom is -0.480 e. The molecule has 0 saturated heterocycles. The van der Waals surface area contributed by atoms with E-state index in [0.717, 1.165) is 9.88 Å². The number of halogens is 1. The van der Waals surface area contributed by atoms with Crippen LogP contribution in [0.3, 0.4) is 0 Å². The Bertz CT molecular complexity index is 669. The minimum atomic E-state index is -1.01. The van der Waals surface area contributed by atoms with Crippen molar-refractivity contribution in [3.63, 3.8) is 0 Å². The number of thiophene rings is 1. The van der Waals surface area contributed by atoms with E-state index in [1.165, 1.54) is 22.7 Å². The number of carboxylic acids is 1. The fourth-order valence-corrected chi connectivity index (χ4v) is 3.82. The second-order valence-electron chi connectivity index (χ2n) is 4.67. The van der Waals surface area contributed by atoms with E-state index in [0.29, 0.717) is 22.9 Å². The van der Waals surface area contributed by atoms with E-state index in [-0.39, 0.29) is 12.3 Å². The zero-order chi connectivity index (χ0) is 16.1. The van der Waals surface area contributed by atoms with Gasteiger partial charge in [-0.1, -0.05) is 24.9 Å². The number of nitrogens with zero attached hydrogens (tertiary/aromatic N) is 1. The molecule has 0 saturated carbocycles. The van der Waals surface area contributed by atoms with Crippen molar-refractivity contribution in [2.24, 2.45) is 0 Å². The molecule has 0 aliphatic rings. The van der Waals surface area contributed by atoms with Gasteiger partial charge in [-0.05, 0) is 18.6 Å².